The van der Waals surface area contributed by atoms with Crippen LogP contribution < -0.4 is 5.32 Å². The second-order valence-electron chi connectivity index (χ2n) is 4.26. The quantitative estimate of drug-likeness (QED) is 0.821. The van der Waals surface area contributed by atoms with Gasteiger partial charge in [-0.3, -0.25) is 4.98 Å². The maximum absolute atomic E-state index is 4.50. The highest BCUT2D eigenvalue weighted by atomic mass is 35.5. The second kappa shape index (κ2) is 4.40. The number of aryl methyl sites for hydroxylation is 1. The van der Waals surface area contributed by atoms with E-state index in [0.29, 0.717) is 5.92 Å². The Morgan fingerprint density at radius 3 is 2.69 bits per heavy atom. The minimum Gasteiger partial charge on any atom is -0.315 e. The van der Waals surface area contributed by atoms with Gasteiger partial charge in [-0.1, -0.05) is 12.1 Å². The SMILES string of the molecule is Cc1ccc2cc(C3CNC3)ccc2n1.Cl. The number of hydrogen-bond acceptors (Lipinski definition) is 2. The van der Waals surface area contributed by atoms with Gasteiger partial charge in [-0.15, -0.1) is 12.4 Å². The standard InChI is InChI=1S/C13H14N2.ClH/c1-9-2-3-11-6-10(12-7-14-8-12)4-5-13(11)15-9;/h2-6,12,14H,7-8H2,1H3;1H. The number of aromatic nitrogens is 1. The smallest absolute Gasteiger partial charge is 0.0705 e. The Balaban J connectivity index is 0.000000963. The summed E-state index contributed by atoms with van der Waals surface area (Å²) in [5.74, 6) is 0.704. The summed E-state index contributed by atoms with van der Waals surface area (Å²) in [5.41, 5.74) is 3.62. The van der Waals surface area contributed by atoms with Crippen LogP contribution in [0.15, 0.2) is 30.3 Å². The normalized spacial score (nSPS) is 15.6. The summed E-state index contributed by atoms with van der Waals surface area (Å²) in [6.07, 6.45) is 0. The largest absolute Gasteiger partial charge is 0.315 e. The highest BCUT2D eigenvalue weighted by molar-refractivity contribution is 5.85. The minimum atomic E-state index is 0. The summed E-state index contributed by atoms with van der Waals surface area (Å²) < 4.78 is 0. The first-order valence-electron chi connectivity index (χ1n) is 5.41. The molecule has 1 aliphatic rings. The van der Waals surface area contributed by atoms with Crippen molar-refractivity contribution in [3.63, 3.8) is 0 Å². The zero-order chi connectivity index (χ0) is 10.3. The first kappa shape index (κ1) is 11.4. The molecule has 2 heterocycles. The van der Waals surface area contributed by atoms with Gasteiger partial charge in [0.1, 0.15) is 0 Å². The van der Waals surface area contributed by atoms with Gasteiger partial charge >= 0.3 is 0 Å². The third-order valence-electron chi connectivity index (χ3n) is 3.11. The van der Waals surface area contributed by atoms with Gasteiger partial charge in [-0.05, 0) is 30.7 Å². The first-order chi connectivity index (χ1) is 7.33. The number of benzene rings is 1. The average molecular weight is 235 g/mol. The minimum absolute atomic E-state index is 0. The van der Waals surface area contributed by atoms with Crippen LogP contribution in [0, 0.1) is 6.92 Å². The number of halogens is 1. The molecule has 0 aliphatic carbocycles. The summed E-state index contributed by atoms with van der Waals surface area (Å²) >= 11 is 0. The van der Waals surface area contributed by atoms with Crippen LogP contribution in [-0.4, -0.2) is 18.1 Å². The highest BCUT2D eigenvalue weighted by Crippen LogP contribution is 2.23. The van der Waals surface area contributed by atoms with E-state index in [-0.39, 0.29) is 12.4 Å². The third kappa shape index (κ3) is 1.91. The summed E-state index contributed by atoms with van der Waals surface area (Å²) in [5, 5.41) is 4.56. The van der Waals surface area contributed by atoms with Crippen LogP contribution >= 0.6 is 12.4 Å². The lowest BCUT2D eigenvalue weighted by Crippen LogP contribution is -2.39. The van der Waals surface area contributed by atoms with Crippen LogP contribution in [0.5, 0.6) is 0 Å². The molecule has 1 saturated heterocycles. The van der Waals surface area contributed by atoms with Crippen molar-refractivity contribution < 1.29 is 0 Å². The molecule has 0 radical (unpaired) electrons. The van der Waals surface area contributed by atoms with Gasteiger partial charge in [-0.2, -0.15) is 0 Å². The molecule has 1 aliphatic heterocycles. The molecule has 1 fully saturated rings. The van der Waals surface area contributed by atoms with Gasteiger partial charge in [0.2, 0.25) is 0 Å². The summed E-state index contributed by atoms with van der Waals surface area (Å²) in [7, 11) is 0. The molecule has 1 aromatic heterocycles. The van der Waals surface area contributed by atoms with E-state index in [1.54, 1.807) is 0 Å². The lowest BCUT2D eigenvalue weighted by molar-refractivity contribution is 0.449. The fraction of sp³-hybridized carbons (Fsp3) is 0.308. The highest BCUT2D eigenvalue weighted by Gasteiger charge is 2.18. The number of pyridine rings is 1. The van der Waals surface area contributed by atoms with Crippen LogP contribution in [0.2, 0.25) is 0 Å². The first-order valence-corrected chi connectivity index (χ1v) is 5.41. The van der Waals surface area contributed by atoms with Crippen LogP contribution in [0.25, 0.3) is 10.9 Å². The molecule has 0 amide bonds. The zero-order valence-electron chi connectivity index (χ0n) is 9.23. The van der Waals surface area contributed by atoms with Gasteiger partial charge in [0, 0.05) is 30.1 Å². The van der Waals surface area contributed by atoms with Crippen LogP contribution in [0.4, 0.5) is 0 Å². The van der Waals surface area contributed by atoms with Gasteiger partial charge in [0.15, 0.2) is 0 Å². The van der Waals surface area contributed by atoms with Gasteiger partial charge in [0.05, 0.1) is 5.52 Å². The van der Waals surface area contributed by atoms with Crippen molar-refractivity contribution in [2.45, 2.75) is 12.8 Å². The van der Waals surface area contributed by atoms with Crippen LogP contribution in [0.3, 0.4) is 0 Å². The van der Waals surface area contributed by atoms with Gasteiger partial charge in [-0.25, -0.2) is 0 Å². The fourth-order valence-electron chi connectivity index (χ4n) is 2.02. The Labute approximate surface area is 101 Å². The molecule has 0 saturated carbocycles. The van der Waals surface area contributed by atoms with Crippen molar-refractivity contribution in [3.8, 4) is 0 Å². The van der Waals surface area contributed by atoms with E-state index >= 15 is 0 Å². The average Bonchev–Trinajstić information content (AvgIpc) is 2.15. The van der Waals surface area contributed by atoms with Crippen molar-refractivity contribution in [1.82, 2.24) is 10.3 Å². The lowest BCUT2D eigenvalue weighted by atomic mass is 9.93. The zero-order valence-corrected chi connectivity index (χ0v) is 10.1. The topological polar surface area (TPSA) is 24.9 Å². The van der Waals surface area contributed by atoms with E-state index in [9.17, 15) is 0 Å². The molecule has 2 nitrogen and oxygen atoms in total. The van der Waals surface area contributed by atoms with Gasteiger partial charge in [0.25, 0.3) is 0 Å². The van der Waals surface area contributed by atoms with Crippen molar-refractivity contribution in [3.05, 3.63) is 41.6 Å². The summed E-state index contributed by atoms with van der Waals surface area (Å²) in [4.78, 5) is 4.50. The number of hydrogen-bond donors (Lipinski definition) is 1. The number of rotatable bonds is 1. The Bertz CT molecular complexity index is 506. The van der Waals surface area contributed by atoms with E-state index in [1.807, 2.05) is 6.92 Å². The molecule has 2 aromatic rings. The van der Waals surface area contributed by atoms with Crippen LogP contribution in [0.1, 0.15) is 17.2 Å². The van der Waals surface area contributed by atoms with Crippen molar-refractivity contribution in [1.29, 1.82) is 0 Å². The van der Waals surface area contributed by atoms with Gasteiger partial charge < -0.3 is 5.32 Å². The molecular formula is C13H15ClN2. The maximum atomic E-state index is 4.50. The van der Waals surface area contributed by atoms with E-state index in [0.717, 1.165) is 24.3 Å². The molecule has 0 atom stereocenters. The molecular weight excluding hydrogens is 220 g/mol. The predicted molar refractivity (Wildman–Crippen MR) is 69.3 cm³/mol. The molecule has 84 valence electrons. The predicted octanol–water partition coefficient (Wildman–Crippen LogP) is 2.65. The van der Waals surface area contributed by atoms with E-state index in [4.69, 9.17) is 0 Å². The Morgan fingerprint density at radius 1 is 1.19 bits per heavy atom. The number of nitrogens with one attached hydrogen (secondary N) is 1. The van der Waals surface area contributed by atoms with Crippen LogP contribution in [-0.2, 0) is 0 Å². The maximum Gasteiger partial charge on any atom is 0.0705 e. The van der Waals surface area contributed by atoms with E-state index < -0.39 is 0 Å². The number of nitrogens with zero attached hydrogens (tertiary/aromatic N) is 1. The number of fused-ring (bicyclic) bond motifs is 1. The monoisotopic (exact) mass is 234 g/mol. The molecule has 3 rings (SSSR count). The van der Waals surface area contributed by atoms with E-state index in [1.165, 1.54) is 10.9 Å². The molecule has 3 heteroatoms. The molecule has 0 spiro atoms. The molecule has 0 bridgehead atoms. The van der Waals surface area contributed by atoms with Crippen molar-refractivity contribution >= 4 is 23.3 Å². The second-order valence-corrected chi connectivity index (χ2v) is 4.26. The Morgan fingerprint density at radius 2 is 2.00 bits per heavy atom. The molecule has 0 unspecified atom stereocenters. The summed E-state index contributed by atoms with van der Waals surface area (Å²) in [6, 6.07) is 10.8. The van der Waals surface area contributed by atoms with E-state index in [2.05, 4.69) is 40.6 Å². The molecule has 1 N–H and O–H groups in total. The Hall–Kier alpha value is -1.12. The third-order valence-corrected chi connectivity index (χ3v) is 3.11. The van der Waals surface area contributed by atoms with Crippen molar-refractivity contribution in [2.75, 3.05) is 13.1 Å². The summed E-state index contributed by atoms with van der Waals surface area (Å²) in [6.45, 7) is 4.26. The fourth-order valence-corrected chi connectivity index (χ4v) is 2.02. The molecule has 1 aromatic carbocycles. The van der Waals surface area contributed by atoms with Crippen molar-refractivity contribution in [2.24, 2.45) is 0 Å². The molecule has 16 heavy (non-hydrogen) atoms. The lowest BCUT2D eigenvalue weighted by Gasteiger charge is -2.27. The Kier molecular flexibility index (Phi) is 3.13.